The Morgan fingerprint density at radius 3 is 3.00 bits per heavy atom. The second-order valence-corrected chi connectivity index (χ2v) is 8.24. The summed E-state index contributed by atoms with van der Waals surface area (Å²) < 4.78 is 5.29. The number of carbonyl (C=O) groups excluding carboxylic acids is 1. The summed E-state index contributed by atoms with van der Waals surface area (Å²) in [6.45, 7) is 4.85. The number of morpholine rings is 1. The van der Waals surface area contributed by atoms with E-state index in [0.29, 0.717) is 55.4 Å². The molecule has 10 heteroatoms. The summed E-state index contributed by atoms with van der Waals surface area (Å²) in [6.07, 6.45) is 2.14. The predicted molar refractivity (Wildman–Crippen MR) is 114 cm³/mol. The number of likely N-dealkylation sites (tertiary alicyclic amines) is 1. The van der Waals surface area contributed by atoms with E-state index < -0.39 is 0 Å². The summed E-state index contributed by atoms with van der Waals surface area (Å²) >= 11 is 1.37. The number of amides is 1. The van der Waals surface area contributed by atoms with Crippen LogP contribution in [0.25, 0.3) is 0 Å². The number of nitrogens with one attached hydrogen (secondary N) is 2. The summed E-state index contributed by atoms with van der Waals surface area (Å²) in [5.74, 6) is 0.807. The lowest BCUT2D eigenvalue weighted by Crippen LogP contribution is -2.48. The monoisotopic (exact) mass is 427 g/mol. The number of pyridine rings is 1. The first-order valence-electron chi connectivity index (χ1n) is 10.1. The molecule has 0 aromatic carbocycles. The van der Waals surface area contributed by atoms with E-state index in [1.165, 1.54) is 11.3 Å². The van der Waals surface area contributed by atoms with E-state index in [1.807, 2.05) is 23.2 Å². The van der Waals surface area contributed by atoms with E-state index in [-0.39, 0.29) is 5.91 Å². The van der Waals surface area contributed by atoms with Crippen LogP contribution in [0.2, 0.25) is 0 Å². The van der Waals surface area contributed by atoms with Crippen molar-refractivity contribution in [3.8, 4) is 6.07 Å². The molecule has 30 heavy (non-hydrogen) atoms. The summed E-state index contributed by atoms with van der Waals surface area (Å²) in [6, 6.07) is 8.15. The van der Waals surface area contributed by atoms with Crippen molar-refractivity contribution in [1.29, 1.82) is 5.26 Å². The van der Waals surface area contributed by atoms with Crippen molar-refractivity contribution in [2.75, 3.05) is 51.3 Å². The molecule has 4 heterocycles. The predicted octanol–water partition coefficient (Wildman–Crippen LogP) is 1.96. The van der Waals surface area contributed by atoms with E-state index in [2.05, 4.69) is 26.7 Å². The van der Waals surface area contributed by atoms with Gasteiger partial charge in [0.25, 0.3) is 5.91 Å². The minimum atomic E-state index is -0.220. The van der Waals surface area contributed by atoms with Crippen molar-refractivity contribution in [2.24, 2.45) is 0 Å². The fourth-order valence-electron chi connectivity index (χ4n) is 3.71. The first-order chi connectivity index (χ1) is 14.7. The highest BCUT2D eigenvalue weighted by Gasteiger charge is 2.22. The molecule has 0 bridgehead atoms. The topological polar surface area (TPSA) is 106 Å². The van der Waals surface area contributed by atoms with Gasteiger partial charge in [0.1, 0.15) is 11.5 Å². The molecule has 4 rings (SSSR count). The zero-order valence-electron chi connectivity index (χ0n) is 16.7. The number of anilines is 2. The number of nitriles is 1. The standard InChI is InChI=1S/C20H25N7O2S/c21-6-8-26-7-2-3-15(13-26)16-4-1-5-18(22-16)24-20-23-17(14-30-20)19(28)25-27-9-11-29-12-10-27/h1,4-5,14-15H,2-3,7-13H2,(H,25,28)(H,22,23,24). The summed E-state index contributed by atoms with van der Waals surface area (Å²) in [4.78, 5) is 23.7. The van der Waals surface area contributed by atoms with Gasteiger partial charge in [-0.25, -0.2) is 15.0 Å². The van der Waals surface area contributed by atoms with Gasteiger partial charge in [0.05, 0.1) is 25.8 Å². The number of hydrogen-bond acceptors (Lipinski definition) is 9. The highest BCUT2D eigenvalue weighted by atomic mass is 32.1. The van der Waals surface area contributed by atoms with Gasteiger partial charge in [-0.15, -0.1) is 11.3 Å². The Kier molecular flexibility index (Phi) is 6.86. The summed E-state index contributed by atoms with van der Waals surface area (Å²) in [5.41, 5.74) is 4.26. The van der Waals surface area contributed by atoms with E-state index in [0.717, 1.165) is 31.6 Å². The van der Waals surface area contributed by atoms with Crippen LogP contribution < -0.4 is 10.7 Å². The number of ether oxygens (including phenoxy) is 1. The highest BCUT2D eigenvalue weighted by molar-refractivity contribution is 7.14. The minimum absolute atomic E-state index is 0.220. The number of rotatable bonds is 6. The molecule has 1 atom stereocenters. The molecule has 1 unspecified atom stereocenters. The normalized spacial score (nSPS) is 20.4. The molecule has 0 spiro atoms. The lowest BCUT2D eigenvalue weighted by molar-refractivity contribution is 0.0125. The van der Waals surface area contributed by atoms with E-state index in [1.54, 1.807) is 5.38 Å². The maximum atomic E-state index is 12.4. The molecule has 158 valence electrons. The van der Waals surface area contributed by atoms with Crippen molar-refractivity contribution in [3.63, 3.8) is 0 Å². The zero-order chi connectivity index (χ0) is 20.8. The molecule has 2 saturated heterocycles. The Morgan fingerprint density at radius 1 is 1.30 bits per heavy atom. The third kappa shape index (κ3) is 5.31. The molecule has 2 aliphatic heterocycles. The van der Waals surface area contributed by atoms with Gasteiger partial charge in [-0.2, -0.15) is 5.26 Å². The van der Waals surface area contributed by atoms with Crippen molar-refractivity contribution >= 4 is 28.2 Å². The largest absolute Gasteiger partial charge is 0.379 e. The Hall–Kier alpha value is -2.58. The second-order valence-electron chi connectivity index (χ2n) is 7.38. The second kappa shape index (κ2) is 9.95. The van der Waals surface area contributed by atoms with Gasteiger partial charge in [-0.1, -0.05) is 6.07 Å². The van der Waals surface area contributed by atoms with Crippen molar-refractivity contribution in [1.82, 2.24) is 25.3 Å². The van der Waals surface area contributed by atoms with Crippen molar-refractivity contribution in [3.05, 3.63) is 35.0 Å². The molecular weight excluding hydrogens is 402 g/mol. The number of aromatic nitrogens is 2. The molecule has 2 aromatic heterocycles. The van der Waals surface area contributed by atoms with Gasteiger partial charge in [0, 0.05) is 36.6 Å². The van der Waals surface area contributed by atoms with Crippen LogP contribution in [0, 0.1) is 11.3 Å². The Balaban J connectivity index is 1.37. The van der Waals surface area contributed by atoms with Crippen LogP contribution in [0.5, 0.6) is 0 Å². The van der Waals surface area contributed by atoms with Crippen molar-refractivity contribution in [2.45, 2.75) is 18.8 Å². The van der Waals surface area contributed by atoms with Gasteiger partial charge in [-0.3, -0.25) is 15.1 Å². The zero-order valence-corrected chi connectivity index (χ0v) is 17.5. The molecule has 2 aliphatic rings. The van der Waals surface area contributed by atoms with Gasteiger partial charge >= 0.3 is 0 Å². The third-order valence-electron chi connectivity index (χ3n) is 5.23. The van der Waals surface area contributed by atoms with Crippen LogP contribution >= 0.6 is 11.3 Å². The minimum Gasteiger partial charge on any atom is -0.379 e. The number of hydrazine groups is 1. The van der Waals surface area contributed by atoms with Gasteiger partial charge in [0.2, 0.25) is 0 Å². The molecule has 2 fully saturated rings. The molecule has 1 amide bonds. The molecule has 2 aromatic rings. The maximum absolute atomic E-state index is 12.4. The van der Waals surface area contributed by atoms with Crippen LogP contribution in [0.15, 0.2) is 23.6 Å². The van der Waals surface area contributed by atoms with E-state index >= 15 is 0 Å². The van der Waals surface area contributed by atoms with Crippen molar-refractivity contribution < 1.29 is 9.53 Å². The lowest BCUT2D eigenvalue weighted by atomic mass is 9.94. The van der Waals surface area contributed by atoms with Crippen LogP contribution in [-0.4, -0.2) is 71.7 Å². The number of hydrogen-bond donors (Lipinski definition) is 2. The average Bonchev–Trinajstić information content (AvgIpc) is 3.24. The molecule has 0 aliphatic carbocycles. The van der Waals surface area contributed by atoms with Crippen LogP contribution in [0.4, 0.5) is 10.9 Å². The number of nitrogens with zero attached hydrogens (tertiary/aromatic N) is 5. The smallest absolute Gasteiger partial charge is 0.285 e. The fourth-order valence-corrected chi connectivity index (χ4v) is 4.41. The third-order valence-corrected chi connectivity index (χ3v) is 5.99. The average molecular weight is 428 g/mol. The van der Waals surface area contributed by atoms with E-state index in [9.17, 15) is 4.79 Å². The van der Waals surface area contributed by atoms with Crippen LogP contribution in [-0.2, 0) is 4.74 Å². The fraction of sp³-hybridized carbons (Fsp3) is 0.500. The Labute approximate surface area is 179 Å². The first-order valence-corrected chi connectivity index (χ1v) is 11.0. The summed E-state index contributed by atoms with van der Waals surface area (Å²) in [5, 5.41) is 16.4. The van der Waals surface area contributed by atoms with Gasteiger partial charge < -0.3 is 10.1 Å². The molecule has 0 saturated carbocycles. The molecular formula is C20H25N7O2S. The van der Waals surface area contributed by atoms with E-state index in [4.69, 9.17) is 15.0 Å². The Morgan fingerprint density at radius 2 is 2.17 bits per heavy atom. The SMILES string of the molecule is N#CCN1CCCC(c2cccc(Nc3nc(C(=O)NN4CCOCC4)cs3)n2)C1. The molecule has 2 N–H and O–H groups in total. The molecule has 0 radical (unpaired) electrons. The maximum Gasteiger partial charge on any atom is 0.285 e. The number of carbonyl (C=O) groups is 1. The summed E-state index contributed by atoms with van der Waals surface area (Å²) in [7, 11) is 0. The highest BCUT2D eigenvalue weighted by Crippen LogP contribution is 2.27. The number of thiazole rings is 1. The Bertz CT molecular complexity index is 907. The number of piperidine rings is 1. The quantitative estimate of drug-likeness (QED) is 0.674. The van der Waals surface area contributed by atoms with Crippen LogP contribution in [0.1, 0.15) is 34.9 Å². The van der Waals surface area contributed by atoms with Gasteiger partial charge in [-0.05, 0) is 31.5 Å². The first kappa shape index (κ1) is 20.7. The van der Waals surface area contributed by atoms with Gasteiger partial charge in [0.15, 0.2) is 5.13 Å². The lowest BCUT2D eigenvalue weighted by Gasteiger charge is -2.30. The van der Waals surface area contributed by atoms with Crippen LogP contribution in [0.3, 0.4) is 0 Å². The molecule has 9 nitrogen and oxygen atoms in total.